The van der Waals surface area contributed by atoms with Gasteiger partial charge in [0.1, 0.15) is 0 Å². The van der Waals surface area contributed by atoms with E-state index in [2.05, 4.69) is 20.8 Å². The second-order valence-electron chi connectivity index (χ2n) is 3.61. The zero-order valence-electron chi connectivity index (χ0n) is 8.94. The maximum Gasteiger partial charge on any atom is 0.198 e. The Balaban J connectivity index is 3.76. The van der Waals surface area contributed by atoms with E-state index in [9.17, 15) is 9.59 Å². The lowest BCUT2D eigenvalue weighted by Crippen LogP contribution is -2.08. The average molecular weight is 182 g/mol. The van der Waals surface area contributed by atoms with Crippen LogP contribution in [0.4, 0.5) is 0 Å². The minimum Gasteiger partial charge on any atom is -0.291 e. The molecule has 0 fully saturated rings. The molecule has 0 bridgehead atoms. The van der Waals surface area contributed by atoms with Crippen LogP contribution in [0.1, 0.15) is 47.0 Å². The molecular formula is C11H18O2. The van der Waals surface area contributed by atoms with Gasteiger partial charge in [-0.25, -0.2) is 0 Å². The summed E-state index contributed by atoms with van der Waals surface area (Å²) in [5.41, 5.74) is 2.62. The molecule has 13 heavy (non-hydrogen) atoms. The highest BCUT2D eigenvalue weighted by atomic mass is 16.2. The van der Waals surface area contributed by atoms with E-state index in [1.165, 1.54) is 18.1 Å². The van der Waals surface area contributed by atoms with Crippen LogP contribution in [0.3, 0.4) is 0 Å². The number of carbonyl (C=O) groups excluding carboxylic acids is 2. The molecule has 0 N–H and O–H groups in total. The Hall–Kier alpha value is -0.920. The van der Waals surface area contributed by atoms with Crippen molar-refractivity contribution in [3.05, 3.63) is 11.1 Å². The molecule has 0 amide bonds. The Labute approximate surface area is 80.0 Å². The maximum atomic E-state index is 10.9. The van der Waals surface area contributed by atoms with Gasteiger partial charge in [0.2, 0.25) is 0 Å². The molecule has 0 atom stereocenters. The summed E-state index contributed by atoms with van der Waals surface area (Å²) < 4.78 is 0. The fourth-order valence-corrected chi connectivity index (χ4v) is 0.940. The van der Waals surface area contributed by atoms with Gasteiger partial charge in [0.05, 0.1) is 0 Å². The van der Waals surface area contributed by atoms with Gasteiger partial charge in [0, 0.05) is 13.3 Å². The predicted octanol–water partition coefficient (Wildman–Crippen LogP) is 2.67. The van der Waals surface area contributed by atoms with Crippen molar-refractivity contribution in [2.75, 3.05) is 0 Å². The minimum atomic E-state index is -0.324. The van der Waals surface area contributed by atoms with Crippen molar-refractivity contribution >= 4 is 11.6 Å². The second kappa shape index (κ2) is 5.68. The Kier molecular flexibility index (Phi) is 5.28. The van der Waals surface area contributed by atoms with E-state index >= 15 is 0 Å². The molecule has 0 aliphatic heterocycles. The SMILES string of the molecule is CC(=O)C(=O)CCCC(C)=C(C)C. The second-order valence-corrected chi connectivity index (χ2v) is 3.61. The minimum absolute atomic E-state index is 0.249. The van der Waals surface area contributed by atoms with Crippen LogP contribution in [0.15, 0.2) is 11.1 Å². The summed E-state index contributed by atoms with van der Waals surface area (Å²) in [4.78, 5) is 21.5. The first-order valence-electron chi connectivity index (χ1n) is 4.62. The molecular weight excluding hydrogens is 164 g/mol. The van der Waals surface area contributed by atoms with Crippen molar-refractivity contribution < 1.29 is 9.59 Å². The predicted molar refractivity (Wildman–Crippen MR) is 53.6 cm³/mol. The highest BCUT2D eigenvalue weighted by molar-refractivity contribution is 6.36. The molecule has 2 nitrogen and oxygen atoms in total. The lowest BCUT2D eigenvalue weighted by Gasteiger charge is -2.02. The maximum absolute atomic E-state index is 10.9. The quantitative estimate of drug-likeness (QED) is 0.484. The van der Waals surface area contributed by atoms with E-state index in [4.69, 9.17) is 0 Å². The molecule has 0 saturated heterocycles. The molecule has 0 aromatic rings. The number of Topliss-reactive ketones (excluding diaryl/α,β-unsaturated/α-hetero) is 2. The summed E-state index contributed by atoms with van der Waals surface area (Å²) in [6, 6.07) is 0. The van der Waals surface area contributed by atoms with E-state index in [0.717, 1.165) is 12.8 Å². The van der Waals surface area contributed by atoms with Gasteiger partial charge in [-0.2, -0.15) is 0 Å². The zero-order chi connectivity index (χ0) is 10.4. The van der Waals surface area contributed by atoms with Gasteiger partial charge in [-0.15, -0.1) is 0 Å². The highest BCUT2D eigenvalue weighted by Gasteiger charge is 2.06. The Bertz CT molecular complexity index is 232. The summed E-state index contributed by atoms with van der Waals surface area (Å²) in [5, 5.41) is 0. The molecule has 0 saturated carbocycles. The number of rotatable bonds is 5. The van der Waals surface area contributed by atoms with Crippen LogP contribution in [0.2, 0.25) is 0 Å². The molecule has 0 radical (unpaired) electrons. The summed E-state index contributed by atoms with van der Waals surface area (Å²) in [6.07, 6.45) is 2.09. The monoisotopic (exact) mass is 182 g/mol. The van der Waals surface area contributed by atoms with Crippen LogP contribution in [0.5, 0.6) is 0 Å². The van der Waals surface area contributed by atoms with Crippen molar-refractivity contribution in [2.24, 2.45) is 0 Å². The molecule has 0 rings (SSSR count). The standard InChI is InChI=1S/C11H18O2/c1-8(2)9(3)6-5-7-11(13)10(4)12/h5-7H2,1-4H3. The first-order valence-corrected chi connectivity index (χ1v) is 4.62. The molecule has 0 aliphatic rings. The number of hydrogen-bond donors (Lipinski definition) is 0. The molecule has 0 aromatic heterocycles. The fraction of sp³-hybridized carbons (Fsp3) is 0.636. The van der Waals surface area contributed by atoms with Gasteiger partial charge in [0.25, 0.3) is 0 Å². The fourth-order valence-electron chi connectivity index (χ4n) is 0.940. The van der Waals surface area contributed by atoms with Crippen LogP contribution in [-0.2, 0) is 9.59 Å². The van der Waals surface area contributed by atoms with Crippen LogP contribution in [0, 0.1) is 0 Å². The zero-order valence-corrected chi connectivity index (χ0v) is 8.94. The van der Waals surface area contributed by atoms with E-state index in [1.54, 1.807) is 0 Å². The van der Waals surface area contributed by atoms with Gasteiger partial charge in [-0.3, -0.25) is 9.59 Å². The van der Waals surface area contributed by atoms with Crippen LogP contribution in [0.25, 0.3) is 0 Å². The van der Waals surface area contributed by atoms with Crippen molar-refractivity contribution in [1.29, 1.82) is 0 Å². The number of carbonyl (C=O) groups is 2. The summed E-state index contributed by atoms with van der Waals surface area (Å²) >= 11 is 0. The summed E-state index contributed by atoms with van der Waals surface area (Å²) in [7, 11) is 0. The molecule has 2 heteroatoms. The Morgan fingerprint density at radius 2 is 1.46 bits per heavy atom. The van der Waals surface area contributed by atoms with E-state index < -0.39 is 0 Å². The van der Waals surface area contributed by atoms with E-state index in [0.29, 0.717) is 6.42 Å². The number of hydrogen-bond acceptors (Lipinski definition) is 2. The van der Waals surface area contributed by atoms with Crippen molar-refractivity contribution in [2.45, 2.75) is 47.0 Å². The molecule has 0 spiro atoms. The van der Waals surface area contributed by atoms with Gasteiger partial charge in [-0.05, 0) is 33.6 Å². The van der Waals surface area contributed by atoms with Gasteiger partial charge < -0.3 is 0 Å². The molecule has 74 valence electrons. The number of ketones is 2. The topological polar surface area (TPSA) is 34.1 Å². The lowest BCUT2D eigenvalue weighted by atomic mass is 10.0. The van der Waals surface area contributed by atoms with E-state index in [-0.39, 0.29) is 11.6 Å². The van der Waals surface area contributed by atoms with Gasteiger partial charge in [0.15, 0.2) is 11.6 Å². The van der Waals surface area contributed by atoms with Crippen LogP contribution in [-0.4, -0.2) is 11.6 Å². The third kappa shape index (κ3) is 5.34. The van der Waals surface area contributed by atoms with Crippen molar-refractivity contribution in [3.63, 3.8) is 0 Å². The summed E-state index contributed by atoms with van der Waals surface area (Å²) in [5.74, 6) is -0.573. The van der Waals surface area contributed by atoms with Gasteiger partial charge >= 0.3 is 0 Å². The smallest absolute Gasteiger partial charge is 0.198 e. The van der Waals surface area contributed by atoms with Crippen LogP contribution >= 0.6 is 0 Å². The molecule has 0 aromatic carbocycles. The molecule has 0 aliphatic carbocycles. The van der Waals surface area contributed by atoms with Crippen molar-refractivity contribution in [3.8, 4) is 0 Å². The van der Waals surface area contributed by atoms with Crippen molar-refractivity contribution in [1.82, 2.24) is 0 Å². The Morgan fingerprint density at radius 3 is 1.85 bits per heavy atom. The third-order valence-electron chi connectivity index (χ3n) is 2.20. The Morgan fingerprint density at radius 1 is 0.923 bits per heavy atom. The number of allylic oxidation sites excluding steroid dienone is 2. The van der Waals surface area contributed by atoms with E-state index in [1.807, 2.05) is 0 Å². The normalized spacial score (nSPS) is 9.54. The molecule has 0 unspecified atom stereocenters. The van der Waals surface area contributed by atoms with Gasteiger partial charge in [-0.1, -0.05) is 11.1 Å². The van der Waals surface area contributed by atoms with Crippen LogP contribution < -0.4 is 0 Å². The third-order valence-corrected chi connectivity index (χ3v) is 2.20. The lowest BCUT2D eigenvalue weighted by molar-refractivity contribution is -0.135. The molecule has 0 heterocycles. The average Bonchev–Trinajstić information content (AvgIpc) is 2.03. The largest absolute Gasteiger partial charge is 0.291 e. The summed E-state index contributed by atoms with van der Waals surface area (Å²) in [6.45, 7) is 7.51. The first-order chi connectivity index (χ1) is 5.95. The highest BCUT2D eigenvalue weighted by Crippen LogP contribution is 2.11. The first kappa shape index (κ1) is 12.1.